The number of carboxylic acid groups (broad SMARTS) is 1. The van der Waals surface area contributed by atoms with Crippen molar-refractivity contribution in [2.24, 2.45) is 11.8 Å². The average Bonchev–Trinajstić information content (AvgIpc) is 3.11. The number of carboxylic acids is 1. The van der Waals surface area contributed by atoms with E-state index in [2.05, 4.69) is 4.90 Å². The van der Waals surface area contributed by atoms with Crippen LogP contribution in [0.2, 0.25) is 0 Å². The van der Waals surface area contributed by atoms with Crippen LogP contribution in [0, 0.1) is 11.8 Å². The summed E-state index contributed by atoms with van der Waals surface area (Å²) in [7, 11) is 0. The number of likely N-dealkylation sites (tertiary alicyclic amines) is 1. The minimum atomic E-state index is -0.759. The highest BCUT2D eigenvalue weighted by atomic mass is 32.1. The Labute approximate surface area is 176 Å². The van der Waals surface area contributed by atoms with E-state index in [-0.39, 0.29) is 30.1 Å². The van der Waals surface area contributed by atoms with Crippen molar-refractivity contribution in [1.82, 2.24) is 14.7 Å². The van der Waals surface area contributed by atoms with Crippen molar-refractivity contribution in [1.29, 1.82) is 0 Å². The van der Waals surface area contributed by atoms with Gasteiger partial charge in [-0.3, -0.25) is 14.4 Å². The molecule has 0 saturated carbocycles. The molecule has 0 spiro atoms. The molecular weight excluding hydrogens is 390 g/mol. The van der Waals surface area contributed by atoms with Crippen molar-refractivity contribution in [2.45, 2.75) is 32.6 Å². The minimum Gasteiger partial charge on any atom is -0.481 e. The lowest BCUT2D eigenvalue weighted by atomic mass is 9.81. The molecule has 8 heteroatoms. The Kier molecular flexibility index (Phi) is 7.66. The Morgan fingerprint density at radius 2 is 1.93 bits per heavy atom. The summed E-state index contributed by atoms with van der Waals surface area (Å²) < 4.78 is 0. The summed E-state index contributed by atoms with van der Waals surface area (Å²) >= 11 is 1.45. The summed E-state index contributed by atoms with van der Waals surface area (Å²) in [6, 6.07) is 3.74. The smallest absolute Gasteiger partial charge is 0.303 e. The molecule has 0 aliphatic carbocycles. The first-order valence-electron chi connectivity index (χ1n) is 10.5. The van der Waals surface area contributed by atoms with E-state index in [4.69, 9.17) is 0 Å². The van der Waals surface area contributed by atoms with Crippen LogP contribution < -0.4 is 0 Å². The molecule has 2 saturated heterocycles. The molecule has 0 unspecified atom stereocenters. The molecule has 0 bridgehead atoms. The van der Waals surface area contributed by atoms with Gasteiger partial charge in [-0.05, 0) is 55.6 Å². The lowest BCUT2D eigenvalue weighted by Gasteiger charge is -2.39. The van der Waals surface area contributed by atoms with Gasteiger partial charge in [0.1, 0.15) is 0 Å². The van der Waals surface area contributed by atoms with Crippen molar-refractivity contribution >= 4 is 29.1 Å². The maximum Gasteiger partial charge on any atom is 0.303 e. The van der Waals surface area contributed by atoms with Crippen LogP contribution >= 0.6 is 11.3 Å². The third-order valence-electron chi connectivity index (χ3n) is 6.20. The molecule has 0 aromatic carbocycles. The van der Waals surface area contributed by atoms with Gasteiger partial charge in [0.15, 0.2) is 0 Å². The van der Waals surface area contributed by atoms with Gasteiger partial charge in [0, 0.05) is 46.1 Å². The van der Waals surface area contributed by atoms with Gasteiger partial charge in [0.25, 0.3) is 5.91 Å². The number of carbonyl (C=O) groups excluding carboxylic acids is 2. The highest BCUT2D eigenvalue weighted by Crippen LogP contribution is 2.31. The van der Waals surface area contributed by atoms with Crippen LogP contribution in [0.25, 0.3) is 0 Å². The van der Waals surface area contributed by atoms with Crippen molar-refractivity contribution < 1.29 is 19.5 Å². The first kappa shape index (κ1) is 21.8. The second-order valence-corrected chi connectivity index (χ2v) is 9.07. The standard InChI is InChI=1S/C21H31N3O4S/c1-16(25)23-8-3-7-22(11-12-23)9-5-18-15-24(10-6-17(18)14-20(26)27)21(28)19-4-2-13-29-19/h2,4,13,17-18H,3,5-12,14-15H2,1H3,(H,26,27)/t17-,18+/m0/s1. The second kappa shape index (κ2) is 10.2. The molecular formula is C21H31N3O4S. The molecule has 1 aromatic rings. The first-order valence-corrected chi connectivity index (χ1v) is 11.3. The van der Waals surface area contributed by atoms with E-state index >= 15 is 0 Å². The van der Waals surface area contributed by atoms with E-state index in [1.54, 1.807) is 6.92 Å². The van der Waals surface area contributed by atoms with Gasteiger partial charge in [-0.2, -0.15) is 0 Å². The molecule has 7 nitrogen and oxygen atoms in total. The summed E-state index contributed by atoms with van der Waals surface area (Å²) in [5.41, 5.74) is 0. The van der Waals surface area contributed by atoms with Gasteiger partial charge in [0.2, 0.25) is 5.91 Å². The number of nitrogens with zero attached hydrogens (tertiary/aromatic N) is 3. The molecule has 2 amide bonds. The highest BCUT2D eigenvalue weighted by Gasteiger charge is 2.33. The summed E-state index contributed by atoms with van der Waals surface area (Å²) in [5, 5.41) is 11.2. The van der Waals surface area contributed by atoms with Crippen LogP contribution in [-0.2, 0) is 9.59 Å². The van der Waals surface area contributed by atoms with E-state index in [0.717, 1.165) is 56.9 Å². The van der Waals surface area contributed by atoms with E-state index in [1.807, 2.05) is 27.3 Å². The molecule has 2 fully saturated rings. The van der Waals surface area contributed by atoms with Crippen LogP contribution in [0.5, 0.6) is 0 Å². The van der Waals surface area contributed by atoms with Crippen molar-refractivity contribution in [3.63, 3.8) is 0 Å². The van der Waals surface area contributed by atoms with Crippen molar-refractivity contribution in [3.05, 3.63) is 22.4 Å². The Morgan fingerprint density at radius 3 is 2.62 bits per heavy atom. The number of amides is 2. The van der Waals surface area contributed by atoms with E-state index in [0.29, 0.717) is 13.1 Å². The number of hydrogen-bond donors (Lipinski definition) is 1. The van der Waals surface area contributed by atoms with Gasteiger partial charge >= 0.3 is 5.97 Å². The Bertz CT molecular complexity index is 709. The molecule has 1 aromatic heterocycles. The zero-order valence-corrected chi connectivity index (χ0v) is 17.9. The predicted molar refractivity (Wildman–Crippen MR) is 112 cm³/mol. The molecule has 3 rings (SSSR count). The van der Waals surface area contributed by atoms with Crippen LogP contribution in [0.1, 0.15) is 42.3 Å². The fourth-order valence-electron chi connectivity index (χ4n) is 4.50. The fraction of sp³-hybridized carbons (Fsp3) is 0.667. The van der Waals surface area contributed by atoms with Crippen molar-refractivity contribution in [2.75, 3.05) is 45.8 Å². The zero-order chi connectivity index (χ0) is 20.8. The van der Waals surface area contributed by atoms with Crippen LogP contribution in [0.15, 0.2) is 17.5 Å². The van der Waals surface area contributed by atoms with Gasteiger partial charge in [-0.15, -0.1) is 11.3 Å². The number of hydrogen-bond acceptors (Lipinski definition) is 5. The first-order chi connectivity index (χ1) is 13.9. The quantitative estimate of drug-likeness (QED) is 0.762. The Balaban J connectivity index is 1.59. The summed E-state index contributed by atoms with van der Waals surface area (Å²) in [5.74, 6) is -0.268. The fourth-order valence-corrected chi connectivity index (χ4v) is 5.19. The normalized spacial score (nSPS) is 23.6. The zero-order valence-electron chi connectivity index (χ0n) is 17.1. The van der Waals surface area contributed by atoms with Gasteiger partial charge in [-0.1, -0.05) is 6.07 Å². The van der Waals surface area contributed by atoms with Gasteiger partial charge < -0.3 is 19.8 Å². The van der Waals surface area contributed by atoms with E-state index in [1.165, 1.54) is 11.3 Å². The maximum absolute atomic E-state index is 12.8. The molecule has 2 aliphatic rings. The molecule has 3 heterocycles. The van der Waals surface area contributed by atoms with E-state index in [9.17, 15) is 19.5 Å². The minimum absolute atomic E-state index is 0.0608. The highest BCUT2D eigenvalue weighted by molar-refractivity contribution is 7.12. The van der Waals surface area contributed by atoms with Crippen LogP contribution in [-0.4, -0.2) is 83.4 Å². The number of carbonyl (C=O) groups is 3. The molecule has 0 radical (unpaired) electrons. The van der Waals surface area contributed by atoms with E-state index < -0.39 is 5.97 Å². The largest absolute Gasteiger partial charge is 0.481 e. The Morgan fingerprint density at radius 1 is 1.10 bits per heavy atom. The topological polar surface area (TPSA) is 81.2 Å². The number of rotatable bonds is 6. The number of thiophene rings is 1. The monoisotopic (exact) mass is 421 g/mol. The second-order valence-electron chi connectivity index (χ2n) is 8.13. The Hall–Kier alpha value is -1.93. The van der Waals surface area contributed by atoms with Crippen LogP contribution in [0.3, 0.4) is 0 Å². The number of piperidine rings is 1. The summed E-state index contributed by atoms with van der Waals surface area (Å²) in [4.78, 5) is 42.6. The van der Waals surface area contributed by atoms with Gasteiger partial charge in [-0.25, -0.2) is 0 Å². The van der Waals surface area contributed by atoms with Crippen molar-refractivity contribution in [3.8, 4) is 0 Å². The molecule has 2 atom stereocenters. The molecule has 1 N–H and O–H groups in total. The molecule has 160 valence electrons. The summed E-state index contributed by atoms with van der Waals surface area (Å²) in [6.07, 6.45) is 2.76. The molecule has 2 aliphatic heterocycles. The lowest BCUT2D eigenvalue weighted by molar-refractivity contribution is -0.139. The number of aliphatic carboxylic acids is 1. The van der Waals surface area contributed by atoms with Gasteiger partial charge in [0.05, 0.1) is 4.88 Å². The van der Waals surface area contributed by atoms with Crippen LogP contribution in [0.4, 0.5) is 0 Å². The lowest BCUT2D eigenvalue weighted by Crippen LogP contribution is -2.45. The maximum atomic E-state index is 12.8. The third kappa shape index (κ3) is 6.02. The predicted octanol–water partition coefficient (Wildman–Crippen LogP) is 2.25. The summed E-state index contributed by atoms with van der Waals surface area (Å²) in [6.45, 7) is 7.12. The third-order valence-corrected chi connectivity index (χ3v) is 7.06. The average molecular weight is 422 g/mol. The SMILES string of the molecule is CC(=O)N1CCCN(CC[C@@H]2CN(C(=O)c3cccs3)CC[C@H]2CC(=O)O)CC1. The molecule has 29 heavy (non-hydrogen) atoms.